The molecule has 63 heavy (non-hydrogen) atoms. The van der Waals surface area contributed by atoms with Crippen LogP contribution in [-0.2, 0) is 0 Å². The second-order valence-electron chi connectivity index (χ2n) is 16.2. The molecular weight excluding hydrogens is 785 g/mol. The van der Waals surface area contributed by atoms with Crippen LogP contribution in [0, 0.1) is 0 Å². The van der Waals surface area contributed by atoms with E-state index in [-0.39, 0.29) is 0 Å². The number of para-hydroxylation sites is 3. The van der Waals surface area contributed by atoms with Gasteiger partial charge in [0, 0.05) is 65.1 Å². The molecule has 4 aromatic heterocycles. The number of hydrogen-bond donors (Lipinski definition) is 0. The van der Waals surface area contributed by atoms with Gasteiger partial charge in [-0.15, -0.1) is 11.3 Å². The topological polar surface area (TPSA) is 35.6 Å². The van der Waals surface area contributed by atoms with Gasteiger partial charge in [-0.2, -0.15) is 0 Å². The molecule has 4 heterocycles. The monoisotopic (exact) mass is 820 g/mol. The SMILES string of the molecule is c1ccc(-c2cc(-c3ccc(-c4ccc(-n5c6ccccc6c6ccc7c8cc9c%10ccccc%10n(-c%10ccccc%10)c9cc8sc7c65)cc4)cc3)nc(-c3ccccc3)n2)cc1. The molecule has 0 spiro atoms. The third kappa shape index (κ3) is 5.74. The minimum Gasteiger partial charge on any atom is -0.309 e. The van der Waals surface area contributed by atoms with Crippen LogP contribution in [0.3, 0.4) is 0 Å². The predicted octanol–water partition coefficient (Wildman–Crippen LogP) is 15.7. The first-order valence-electron chi connectivity index (χ1n) is 21.3. The van der Waals surface area contributed by atoms with Crippen molar-refractivity contribution >= 4 is 75.1 Å². The van der Waals surface area contributed by atoms with Crippen molar-refractivity contribution in [3.63, 3.8) is 0 Å². The summed E-state index contributed by atoms with van der Waals surface area (Å²) in [4.78, 5) is 10.0. The summed E-state index contributed by atoms with van der Waals surface area (Å²) in [7, 11) is 0. The molecule has 0 aliphatic carbocycles. The van der Waals surface area contributed by atoms with E-state index < -0.39 is 0 Å². The fraction of sp³-hybridized carbons (Fsp3) is 0. The van der Waals surface area contributed by atoms with E-state index in [4.69, 9.17) is 9.97 Å². The van der Waals surface area contributed by atoms with Crippen molar-refractivity contribution in [3.05, 3.63) is 218 Å². The second kappa shape index (κ2) is 14.2. The van der Waals surface area contributed by atoms with Crippen LogP contribution in [0.2, 0.25) is 0 Å². The van der Waals surface area contributed by atoms with E-state index in [9.17, 15) is 0 Å². The first kappa shape index (κ1) is 35.6. The van der Waals surface area contributed by atoms with Gasteiger partial charge in [-0.1, -0.05) is 164 Å². The Hall–Kier alpha value is -8.12. The van der Waals surface area contributed by atoms with Gasteiger partial charge in [-0.05, 0) is 65.7 Å². The van der Waals surface area contributed by atoms with Crippen LogP contribution < -0.4 is 0 Å². The third-order valence-electron chi connectivity index (χ3n) is 12.5. The molecule has 294 valence electrons. The van der Waals surface area contributed by atoms with Gasteiger partial charge in [0.15, 0.2) is 5.82 Å². The Morgan fingerprint density at radius 1 is 0.317 bits per heavy atom. The van der Waals surface area contributed by atoms with E-state index in [0.29, 0.717) is 5.82 Å². The summed E-state index contributed by atoms with van der Waals surface area (Å²) in [6.07, 6.45) is 0. The average molecular weight is 821 g/mol. The molecule has 0 N–H and O–H groups in total. The molecule has 0 aliphatic heterocycles. The van der Waals surface area contributed by atoms with E-state index in [1.54, 1.807) is 0 Å². The number of nitrogens with zero attached hydrogens (tertiary/aromatic N) is 4. The van der Waals surface area contributed by atoms with Crippen LogP contribution in [0.25, 0.3) is 120 Å². The quantitative estimate of drug-likeness (QED) is 0.167. The molecule has 0 saturated heterocycles. The lowest BCUT2D eigenvalue weighted by molar-refractivity contribution is 1.18. The summed E-state index contributed by atoms with van der Waals surface area (Å²) >= 11 is 1.90. The molecule has 0 saturated carbocycles. The maximum absolute atomic E-state index is 5.05. The smallest absolute Gasteiger partial charge is 0.160 e. The molecule has 0 fully saturated rings. The Morgan fingerprint density at radius 2 is 0.825 bits per heavy atom. The fourth-order valence-electron chi connectivity index (χ4n) is 9.57. The van der Waals surface area contributed by atoms with E-state index >= 15 is 0 Å². The van der Waals surface area contributed by atoms with Crippen molar-refractivity contribution in [1.29, 1.82) is 0 Å². The average Bonchev–Trinajstić information content (AvgIpc) is 4.01. The fourth-order valence-corrected chi connectivity index (χ4v) is 10.8. The second-order valence-corrected chi connectivity index (χ2v) is 17.2. The van der Waals surface area contributed by atoms with Gasteiger partial charge in [0.2, 0.25) is 0 Å². The lowest BCUT2D eigenvalue weighted by Gasteiger charge is -2.11. The lowest BCUT2D eigenvalue weighted by atomic mass is 10.0. The Bertz CT molecular complexity index is 3810. The van der Waals surface area contributed by atoms with Crippen LogP contribution >= 0.6 is 11.3 Å². The highest BCUT2D eigenvalue weighted by atomic mass is 32.1. The number of hydrogen-bond acceptors (Lipinski definition) is 3. The van der Waals surface area contributed by atoms with Crippen LogP contribution in [0.1, 0.15) is 0 Å². The molecule has 0 aliphatic rings. The maximum Gasteiger partial charge on any atom is 0.160 e. The molecule has 0 atom stereocenters. The first-order valence-corrected chi connectivity index (χ1v) is 22.1. The molecular formula is C58H36N4S. The van der Waals surface area contributed by atoms with Gasteiger partial charge in [0.25, 0.3) is 0 Å². The Morgan fingerprint density at radius 3 is 1.51 bits per heavy atom. The summed E-state index contributed by atoms with van der Waals surface area (Å²) in [6.45, 7) is 0. The Kier molecular flexibility index (Phi) is 8.05. The van der Waals surface area contributed by atoms with Crippen molar-refractivity contribution in [2.24, 2.45) is 0 Å². The zero-order valence-corrected chi connectivity index (χ0v) is 34.8. The van der Waals surface area contributed by atoms with Crippen molar-refractivity contribution in [2.75, 3.05) is 0 Å². The molecule has 13 rings (SSSR count). The Balaban J connectivity index is 0.914. The van der Waals surface area contributed by atoms with Crippen LogP contribution in [0.15, 0.2) is 218 Å². The standard InChI is InChI=1S/C58H36N4S/c1-4-14-39(15-5-1)50-35-51(60-58(59-50)41-16-6-2-7-17-41)40-26-24-37(25-27-40)38-28-30-43(31-29-38)62-53-23-13-10-20-44(53)46-32-33-47-49-34-48-45-21-11-12-22-52(45)61(42-18-8-3-9-19-42)54(48)36-55(49)63-57(47)56(46)62/h1-36H. The summed E-state index contributed by atoms with van der Waals surface area (Å²) in [5, 5.41) is 7.66. The van der Waals surface area contributed by atoms with Gasteiger partial charge >= 0.3 is 0 Å². The number of rotatable bonds is 6. The van der Waals surface area contributed by atoms with Gasteiger partial charge < -0.3 is 9.13 Å². The molecule has 0 bridgehead atoms. The van der Waals surface area contributed by atoms with E-state index in [1.807, 2.05) is 35.6 Å². The van der Waals surface area contributed by atoms with Gasteiger partial charge in [-0.3, -0.25) is 0 Å². The zero-order valence-electron chi connectivity index (χ0n) is 34.0. The number of aromatic nitrogens is 4. The zero-order chi connectivity index (χ0) is 41.4. The van der Waals surface area contributed by atoms with Gasteiger partial charge in [0.05, 0.1) is 38.2 Å². The van der Waals surface area contributed by atoms with Gasteiger partial charge in [-0.25, -0.2) is 9.97 Å². The lowest BCUT2D eigenvalue weighted by Crippen LogP contribution is -1.96. The van der Waals surface area contributed by atoms with Crippen molar-refractivity contribution in [1.82, 2.24) is 19.1 Å². The van der Waals surface area contributed by atoms with Crippen LogP contribution in [0.4, 0.5) is 0 Å². The molecule has 4 nitrogen and oxygen atoms in total. The predicted molar refractivity (Wildman–Crippen MR) is 265 cm³/mol. The van der Waals surface area contributed by atoms with Gasteiger partial charge in [0.1, 0.15) is 0 Å². The summed E-state index contributed by atoms with van der Waals surface area (Å²) in [5.74, 6) is 0.716. The highest BCUT2D eigenvalue weighted by molar-refractivity contribution is 7.26. The summed E-state index contributed by atoms with van der Waals surface area (Å²) in [6, 6.07) is 78.3. The largest absolute Gasteiger partial charge is 0.309 e. The van der Waals surface area contributed by atoms with Crippen molar-refractivity contribution in [3.8, 4) is 56.4 Å². The first-order chi connectivity index (χ1) is 31.2. The minimum absolute atomic E-state index is 0.716. The minimum atomic E-state index is 0.716. The van der Waals surface area contributed by atoms with Crippen LogP contribution in [-0.4, -0.2) is 19.1 Å². The number of benzene rings is 9. The summed E-state index contributed by atoms with van der Waals surface area (Å²) < 4.78 is 7.47. The molecule has 5 heteroatoms. The normalized spacial score (nSPS) is 11.8. The van der Waals surface area contributed by atoms with Crippen LogP contribution in [0.5, 0.6) is 0 Å². The third-order valence-corrected chi connectivity index (χ3v) is 13.7. The molecule has 0 amide bonds. The van der Waals surface area contributed by atoms with Crippen molar-refractivity contribution < 1.29 is 0 Å². The maximum atomic E-state index is 5.05. The number of fused-ring (bicyclic) bond motifs is 10. The highest BCUT2D eigenvalue weighted by Crippen LogP contribution is 2.45. The molecule has 0 radical (unpaired) electrons. The Labute approximate surface area is 367 Å². The molecule has 0 unspecified atom stereocenters. The van der Waals surface area contributed by atoms with E-state index in [0.717, 1.165) is 44.9 Å². The summed E-state index contributed by atoms with van der Waals surface area (Å²) in [5.41, 5.74) is 14.4. The molecule has 13 aromatic rings. The number of thiophene rings is 1. The van der Waals surface area contributed by atoms with E-state index in [2.05, 4.69) is 203 Å². The molecule has 9 aromatic carbocycles. The highest BCUT2D eigenvalue weighted by Gasteiger charge is 2.20. The van der Waals surface area contributed by atoms with E-state index in [1.165, 1.54) is 69.5 Å². The van der Waals surface area contributed by atoms with Crippen molar-refractivity contribution in [2.45, 2.75) is 0 Å².